The van der Waals surface area contributed by atoms with Gasteiger partial charge in [-0.1, -0.05) is 33.6 Å². The van der Waals surface area contributed by atoms with Crippen LogP contribution in [0.3, 0.4) is 0 Å². The molecule has 1 aromatic rings. The fraction of sp³-hybridized carbons (Fsp3) is 0.812. The molecule has 19 heavy (non-hydrogen) atoms. The van der Waals surface area contributed by atoms with E-state index in [1.807, 2.05) is 11.3 Å². The predicted molar refractivity (Wildman–Crippen MR) is 83.8 cm³/mol. The summed E-state index contributed by atoms with van der Waals surface area (Å²) in [7, 11) is 0. The van der Waals surface area contributed by atoms with Crippen molar-refractivity contribution in [1.29, 1.82) is 0 Å². The first-order valence-corrected chi connectivity index (χ1v) is 8.54. The Morgan fingerprint density at radius 1 is 1.37 bits per heavy atom. The van der Waals surface area contributed by atoms with Crippen molar-refractivity contribution in [2.45, 2.75) is 65.8 Å². The fourth-order valence-electron chi connectivity index (χ4n) is 2.92. The maximum atomic E-state index is 4.85. The van der Waals surface area contributed by atoms with E-state index < -0.39 is 0 Å². The van der Waals surface area contributed by atoms with E-state index in [4.69, 9.17) is 4.98 Å². The number of rotatable bonds is 5. The average Bonchev–Trinajstić information content (AvgIpc) is 2.71. The van der Waals surface area contributed by atoms with Gasteiger partial charge in [0.05, 0.1) is 10.7 Å². The van der Waals surface area contributed by atoms with Crippen LogP contribution in [-0.2, 0) is 6.54 Å². The van der Waals surface area contributed by atoms with Crippen LogP contribution in [0.1, 0.15) is 68.0 Å². The van der Waals surface area contributed by atoms with E-state index in [1.165, 1.54) is 41.3 Å². The van der Waals surface area contributed by atoms with Gasteiger partial charge in [-0.3, -0.25) is 0 Å². The fourth-order valence-corrected chi connectivity index (χ4v) is 4.11. The summed E-state index contributed by atoms with van der Waals surface area (Å²) in [6.07, 6.45) is 5.47. The molecule has 1 aliphatic rings. The minimum Gasteiger partial charge on any atom is -0.312 e. The molecule has 0 spiro atoms. The van der Waals surface area contributed by atoms with Gasteiger partial charge < -0.3 is 5.32 Å². The largest absolute Gasteiger partial charge is 0.312 e. The molecule has 108 valence electrons. The van der Waals surface area contributed by atoms with Crippen molar-refractivity contribution in [1.82, 2.24) is 10.3 Å². The maximum absolute atomic E-state index is 4.85. The molecule has 1 N–H and O–H groups in total. The lowest BCUT2D eigenvalue weighted by Crippen LogP contribution is -2.18. The van der Waals surface area contributed by atoms with Gasteiger partial charge in [0.1, 0.15) is 0 Å². The lowest BCUT2D eigenvalue weighted by atomic mass is 9.83. The number of thiazole rings is 1. The van der Waals surface area contributed by atoms with Crippen LogP contribution in [0, 0.1) is 18.8 Å². The first-order valence-electron chi connectivity index (χ1n) is 7.73. The van der Waals surface area contributed by atoms with Crippen LogP contribution in [0.15, 0.2) is 0 Å². The second-order valence-corrected chi connectivity index (χ2v) is 7.67. The van der Waals surface area contributed by atoms with Crippen molar-refractivity contribution in [2.75, 3.05) is 6.54 Å². The van der Waals surface area contributed by atoms with E-state index in [0.29, 0.717) is 5.92 Å². The molecule has 1 aromatic heterocycles. The first-order chi connectivity index (χ1) is 9.06. The molecule has 2 unspecified atom stereocenters. The zero-order valence-electron chi connectivity index (χ0n) is 12.8. The van der Waals surface area contributed by atoms with Gasteiger partial charge in [0.15, 0.2) is 0 Å². The molecule has 2 nitrogen and oxygen atoms in total. The standard InChI is InChI=1S/C16H28N2S/c1-11(2)9-17-10-15-13(4)18-16(19-15)14-7-5-6-12(3)8-14/h11-12,14,17H,5-10H2,1-4H3. The number of nitrogens with one attached hydrogen (secondary N) is 1. The van der Waals surface area contributed by atoms with Gasteiger partial charge in [-0.05, 0) is 38.1 Å². The van der Waals surface area contributed by atoms with Crippen LogP contribution in [0.4, 0.5) is 0 Å². The lowest BCUT2D eigenvalue weighted by molar-refractivity contribution is 0.343. The van der Waals surface area contributed by atoms with Crippen LogP contribution in [0.5, 0.6) is 0 Å². The number of nitrogens with zero attached hydrogens (tertiary/aromatic N) is 1. The number of hydrogen-bond donors (Lipinski definition) is 1. The zero-order chi connectivity index (χ0) is 13.8. The molecule has 0 radical (unpaired) electrons. The number of aryl methyl sites for hydroxylation is 1. The highest BCUT2D eigenvalue weighted by Crippen LogP contribution is 2.38. The molecule has 2 rings (SSSR count). The van der Waals surface area contributed by atoms with Gasteiger partial charge in [-0.25, -0.2) is 4.98 Å². The predicted octanol–water partition coefficient (Wildman–Crippen LogP) is 4.49. The number of hydrogen-bond acceptors (Lipinski definition) is 3. The minimum absolute atomic E-state index is 0.715. The second-order valence-electron chi connectivity index (χ2n) is 6.55. The van der Waals surface area contributed by atoms with Gasteiger partial charge in [0.2, 0.25) is 0 Å². The Morgan fingerprint density at radius 2 is 2.16 bits per heavy atom. The van der Waals surface area contributed by atoms with Crippen molar-refractivity contribution >= 4 is 11.3 Å². The van der Waals surface area contributed by atoms with Gasteiger partial charge in [-0.15, -0.1) is 11.3 Å². The molecule has 0 amide bonds. The molecule has 2 atom stereocenters. The van der Waals surface area contributed by atoms with Crippen molar-refractivity contribution in [2.24, 2.45) is 11.8 Å². The van der Waals surface area contributed by atoms with Crippen LogP contribution < -0.4 is 5.32 Å². The summed E-state index contributed by atoms with van der Waals surface area (Å²) in [5.74, 6) is 2.32. The number of aromatic nitrogens is 1. The first kappa shape index (κ1) is 15.0. The van der Waals surface area contributed by atoms with Gasteiger partial charge >= 0.3 is 0 Å². The third-order valence-corrected chi connectivity index (χ3v) is 5.35. The Labute approximate surface area is 122 Å². The Hall–Kier alpha value is -0.410. The van der Waals surface area contributed by atoms with E-state index >= 15 is 0 Å². The molecule has 1 saturated carbocycles. The second kappa shape index (κ2) is 6.85. The van der Waals surface area contributed by atoms with Gasteiger partial charge in [-0.2, -0.15) is 0 Å². The summed E-state index contributed by atoms with van der Waals surface area (Å²) in [5, 5.41) is 4.93. The Bertz CT molecular complexity index is 397. The third-order valence-electron chi connectivity index (χ3n) is 4.03. The van der Waals surface area contributed by atoms with Crippen molar-refractivity contribution < 1.29 is 0 Å². The minimum atomic E-state index is 0.715. The molecule has 1 fully saturated rings. The molecular formula is C16H28N2S. The van der Waals surface area contributed by atoms with E-state index in [0.717, 1.165) is 24.9 Å². The summed E-state index contributed by atoms with van der Waals surface area (Å²) in [6.45, 7) is 11.1. The third kappa shape index (κ3) is 4.28. The molecular weight excluding hydrogens is 252 g/mol. The van der Waals surface area contributed by atoms with E-state index in [-0.39, 0.29) is 0 Å². The van der Waals surface area contributed by atoms with Gasteiger partial charge in [0, 0.05) is 17.3 Å². The molecule has 3 heteroatoms. The van der Waals surface area contributed by atoms with Crippen LogP contribution in [-0.4, -0.2) is 11.5 Å². The highest BCUT2D eigenvalue weighted by Gasteiger charge is 2.23. The van der Waals surface area contributed by atoms with Crippen LogP contribution >= 0.6 is 11.3 Å². The van der Waals surface area contributed by atoms with Gasteiger partial charge in [0.25, 0.3) is 0 Å². The maximum Gasteiger partial charge on any atom is 0.0962 e. The quantitative estimate of drug-likeness (QED) is 0.859. The van der Waals surface area contributed by atoms with Crippen molar-refractivity contribution in [3.05, 3.63) is 15.6 Å². The molecule has 1 aliphatic carbocycles. The molecule has 0 bridgehead atoms. The molecule has 0 aliphatic heterocycles. The summed E-state index contributed by atoms with van der Waals surface area (Å²) >= 11 is 1.95. The Balaban J connectivity index is 1.95. The highest BCUT2D eigenvalue weighted by molar-refractivity contribution is 7.11. The SMILES string of the molecule is Cc1nc(C2CCCC(C)C2)sc1CNCC(C)C. The van der Waals surface area contributed by atoms with Crippen molar-refractivity contribution in [3.63, 3.8) is 0 Å². The zero-order valence-corrected chi connectivity index (χ0v) is 13.6. The van der Waals surface area contributed by atoms with E-state index in [9.17, 15) is 0 Å². The molecule has 0 saturated heterocycles. The average molecular weight is 280 g/mol. The van der Waals surface area contributed by atoms with Crippen molar-refractivity contribution in [3.8, 4) is 0 Å². The molecule has 0 aromatic carbocycles. The summed E-state index contributed by atoms with van der Waals surface area (Å²) in [6, 6.07) is 0. The summed E-state index contributed by atoms with van der Waals surface area (Å²) in [5.41, 5.74) is 1.24. The Kier molecular flexibility index (Phi) is 5.40. The topological polar surface area (TPSA) is 24.9 Å². The summed E-state index contributed by atoms with van der Waals surface area (Å²) in [4.78, 5) is 6.28. The monoisotopic (exact) mass is 280 g/mol. The highest BCUT2D eigenvalue weighted by atomic mass is 32.1. The van der Waals surface area contributed by atoms with Crippen LogP contribution in [0.25, 0.3) is 0 Å². The lowest BCUT2D eigenvalue weighted by Gasteiger charge is -2.24. The van der Waals surface area contributed by atoms with E-state index in [1.54, 1.807) is 0 Å². The normalized spacial score (nSPS) is 24.1. The summed E-state index contributed by atoms with van der Waals surface area (Å²) < 4.78 is 0. The van der Waals surface area contributed by atoms with Crippen LogP contribution in [0.2, 0.25) is 0 Å². The van der Waals surface area contributed by atoms with E-state index in [2.05, 4.69) is 33.0 Å². The molecule has 1 heterocycles. The Morgan fingerprint density at radius 3 is 2.84 bits per heavy atom. The smallest absolute Gasteiger partial charge is 0.0962 e.